The molecule has 0 saturated heterocycles. The Bertz CT molecular complexity index is 349. The summed E-state index contributed by atoms with van der Waals surface area (Å²) in [5, 5.41) is 18.2. The van der Waals surface area contributed by atoms with E-state index in [1.807, 2.05) is 25.1 Å². The van der Waals surface area contributed by atoms with Gasteiger partial charge in [-0.05, 0) is 17.7 Å². The van der Waals surface area contributed by atoms with E-state index in [0.717, 1.165) is 5.69 Å². The van der Waals surface area contributed by atoms with Crippen molar-refractivity contribution in [1.29, 1.82) is 0 Å². The van der Waals surface area contributed by atoms with E-state index in [0.29, 0.717) is 5.56 Å². The van der Waals surface area contributed by atoms with E-state index >= 15 is 0 Å². The summed E-state index contributed by atoms with van der Waals surface area (Å²) in [5.74, 6) is -1.00. The number of carboxylic acid groups (broad SMARTS) is 1. The van der Waals surface area contributed by atoms with E-state index in [9.17, 15) is 9.90 Å². The monoisotopic (exact) mass is 209 g/mol. The zero-order valence-corrected chi connectivity index (χ0v) is 8.84. The summed E-state index contributed by atoms with van der Waals surface area (Å²) in [6, 6.07) is 7.21. The fourth-order valence-corrected chi connectivity index (χ4v) is 1.29. The smallest absolute Gasteiger partial charge is 0.306 e. The maximum absolute atomic E-state index is 10.4. The molecule has 82 valence electrons. The highest BCUT2D eigenvalue weighted by atomic mass is 16.4. The van der Waals surface area contributed by atoms with Crippen molar-refractivity contribution in [3.05, 3.63) is 29.8 Å². The molecule has 0 fully saturated rings. The standard InChI is InChI=1S/C11H15NO3/c1-12(2)9-5-3-4-8(6-9)10(13)7-11(14)15/h3-6,10,13H,7H2,1-2H3,(H,14,15)/t10-/m1/s1. The van der Waals surface area contributed by atoms with E-state index < -0.39 is 12.1 Å². The number of carbonyl (C=O) groups is 1. The molecule has 15 heavy (non-hydrogen) atoms. The molecule has 0 unspecified atom stereocenters. The lowest BCUT2D eigenvalue weighted by atomic mass is 10.1. The fraction of sp³-hybridized carbons (Fsp3) is 0.364. The molecule has 2 N–H and O–H groups in total. The molecule has 1 aromatic carbocycles. The Kier molecular flexibility index (Phi) is 3.68. The first-order valence-corrected chi connectivity index (χ1v) is 4.68. The molecular weight excluding hydrogens is 194 g/mol. The van der Waals surface area contributed by atoms with Crippen LogP contribution in [-0.2, 0) is 4.79 Å². The van der Waals surface area contributed by atoms with Crippen LogP contribution in [0.5, 0.6) is 0 Å². The van der Waals surface area contributed by atoms with Crippen LogP contribution < -0.4 is 4.90 Å². The molecule has 0 heterocycles. The van der Waals surface area contributed by atoms with Gasteiger partial charge in [0.1, 0.15) is 0 Å². The summed E-state index contributed by atoms with van der Waals surface area (Å²) in [4.78, 5) is 12.3. The van der Waals surface area contributed by atoms with Crippen LogP contribution in [0.2, 0.25) is 0 Å². The maximum Gasteiger partial charge on any atom is 0.306 e. The zero-order valence-electron chi connectivity index (χ0n) is 8.84. The van der Waals surface area contributed by atoms with E-state index in [-0.39, 0.29) is 6.42 Å². The lowest BCUT2D eigenvalue weighted by molar-refractivity contribution is -0.139. The summed E-state index contributed by atoms with van der Waals surface area (Å²) in [5.41, 5.74) is 1.57. The van der Waals surface area contributed by atoms with Crippen molar-refractivity contribution in [3.63, 3.8) is 0 Å². The van der Waals surface area contributed by atoms with Crippen LogP contribution in [0.3, 0.4) is 0 Å². The number of hydrogen-bond acceptors (Lipinski definition) is 3. The topological polar surface area (TPSA) is 60.8 Å². The van der Waals surface area contributed by atoms with Crippen molar-refractivity contribution in [2.24, 2.45) is 0 Å². The minimum absolute atomic E-state index is 0.267. The highest BCUT2D eigenvalue weighted by Gasteiger charge is 2.12. The number of rotatable bonds is 4. The van der Waals surface area contributed by atoms with Crippen molar-refractivity contribution < 1.29 is 15.0 Å². The first-order valence-electron chi connectivity index (χ1n) is 4.68. The Labute approximate surface area is 88.8 Å². The SMILES string of the molecule is CN(C)c1cccc([C@H](O)CC(=O)O)c1. The molecule has 0 aliphatic heterocycles. The number of aliphatic hydroxyl groups excluding tert-OH is 1. The number of hydrogen-bond donors (Lipinski definition) is 2. The van der Waals surface area contributed by atoms with Crippen molar-refractivity contribution in [2.75, 3.05) is 19.0 Å². The second-order valence-corrected chi connectivity index (χ2v) is 3.60. The highest BCUT2D eigenvalue weighted by molar-refractivity contribution is 5.67. The molecular formula is C11H15NO3. The molecule has 0 bridgehead atoms. The average molecular weight is 209 g/mol. The van der Waals surface area contributed by atoms with Gasteiger partial charge >= 0.3 is 5.97 Å². The van der Waals surface area contributed by atoms with Gasteiger partial charge in [0.2, 0.25) is 0 Å². The molecule has 1 aromatic rings. The van der Waals surface area contributed by atoms with Crippen LogP contribution in [0.4, 0.5) is 5.69 Å². The highest BCUT2D eigenvalue weighted by Crippen LogP contribution is 2.21. The third-order valence-corrected chi connectivity index (χ3v) is 2.14. The van der Waals surface area contributed by atoms with Gasteiger partial charge < -0.3 is 15.1 Å². The van der Waals surface area contributed by atoms with Gasteiger partial charge in [0.05, 0.1) is 12.5 Å². The number of aliphatic carboxylic acids is 1. The number of anilines is 1. The minimum atomic E-state index is -1.00. The number of nitrogens with zero attached hydrogens (tertiary/aromatic N) is 1. The molecule has 1 rings (SSSR count). The number of benzene rings is 1. The van der Waals surface area contributed by atoms with Crippen LogP contribution in [0.15, 0.2) is 24.3 Å². The minimum Gasteiger partial charge on any atom is -0.481 e. The van der Waals surface area contributed by atoms with E-state index in [2.05, 4.69) is 0 Å². The normalized spacial score (nSPS) is 12.2. The molecule has 0 aliphatic rings. The summed E-state index contributed by atoms with van der Waals surface area (Å²) in [6.45, 7) is 0. The average Bonchev–Trinajstić information content (AvgIpc) is 2.17. The molecule has 4 heteroatoms. The molecule has 0 aromatic heterocycles. The van der Waals surface area contributed by atoms with Crippen LogP contribution in [0.1, 0.15) is 18.1 Å². The van der Waals surface area contributed by atoms with Crippen molar-refractivity contribution in [2.45, 2.75) is 12.5 Å². The number of aliphatic hydroxyl groups is 1. The van der Waals surface area contributed by atoms with Gasteiger partial charge in [0, 0.05) is 19.8 Å². The summed E-state index contributed by atoms with van der Waals surface area (Å²) in [6.07, 6.45) is -1.21. The Balaban J connectivity index is 2.85. The Morgan fingerprint density at radius 2 is 2.13 bits per heavy atom. The van der Waals surface area contributed by atoms with E-state index in [4.69, 9.17) is 5.11 Å². The second-order valence-electron chi connectivity index (χ2n) is 3.60. The van der Waals surface area contributed by atoms with Gasteiger partial charge in [-0.1, -0.05) is 12.1 Å². The van der Waals surface area contributed by atoms with Gasteiger partial charge in [0.15, 0.2) is 0 Å². The van der Waals surface area contributed by atoms with Crippen LogP contribution in [-0.4, -0.2) is 30.3 Å². The zero-order chi connectivity index (χ0) is 11.4. The maximum atomic E-state index is 10.4. The molecule has 1 atom stereocenters. The Morgan fingerprint density at radius 1 is 1.47 bits per heavy atom. The first-order chi connectivity index (χ1) is 7.00. The third-order valence-electron chi connectivity index (χ3n) is 2.14. The molecule has 0 saturated carbocycles. The molecule has 0 spiro atoms. The van der Waals surface area contributed by atoms with Crippen LogP contribution >= 0.6 is 0 Å². The Hall–Kier alpha value is -1.55. The molecule has 0 amide bonds. The largest absolute Gasteiger partial charge is 0.481 e. The van der Waals surface area contributed by atoms with E-state index in [1.165, 1.54) is 0 Å². The Morgan fingerprint density at radius 3 is 2.67 bits per heavy atom. The number of carboxylic acids is 1. The molecule has 4 nitrogen and oxygen atoms in total. The summed E-state index contributed by atoms with van der Waals surface area (Å²) >= 11 is 0. The van der Waals surface area contributed by atoms with Gasteiger partial charge in [-0.15, -0.1) is 0 Å². The van der Waals surface area contributed by atoms with Crippen molar-refractivity contribution in [3.8, 4) is 0 Å². The van der Waals surface area contributed by atoms with Crippen LogP contribution in [0, 0.1) is 0 Å². The lowest BCUT2D eigenvalue weighted by Gasteiger charge is -2.15. The third kappa shape index (κ3) is 3.25. The van der Waals surface area contributed by atoms with Crippen LogP contribution in [0.25, 0.3) is 0 Å². The molecule has 0 aliphatic carbocycles. The molecule has 0 radical (unpaired) electrons. The van der Waals surface area contributed by atoms with Gasteiger partial charge in [-0.2, -0.15) is 0 Å². The summed E-state index contributed by atoms with van der Waals surface area (Å²) < 4.78 is 0. The van der Waals surface area contributed by atoms with E-state index in [1.54, 1.807) is 18.2 Å². The lowest BCUT2D eigenvalue weighted by Crippen LogP contribution is -2.10. The second kappa shape index (κ2) is 4.79. The first kappa shape index (κ1) is 11.5. The van der Waals surface area contributed by atoms with Gasteiger partial charge in [-0.25, -0.2) is 0 Å². The predicted octanol–water partition coefficient (Wildman–Crippen LogP) is 1.26. The quantitative estimate of drug-likeness (QED) is 0.783. The summed E-state index contributed by atoms with van der Waals surface area (Å²) in [7, 11) is 3.78. The van der Waals surface area contributed by atoms with Gasteiger partial charge in [-0.3, -0.25) is 4.79 Å². The van der Waals surface area contributed by atoms with Crippen molar-refractivity contribution >= 4 is 11.7 Å². The van der Waals surface area contributed by atoms with Crippen molar-refractivity contribution in [1.82, 2.24) is 0 Å². The van der Waals surface area contributed by atoms with Gasteiger partial charge in [0.25, 0.3) is 0 Å². The predicted molar refractivity (Wildman–Crippen MR) is 58.0 cm³/mol. The fourth-order valence-electron chi connectivity index (χ4n) is 1.29.